The molecule has 130 valence electrons. The lowest BCUT2D eigenvalue weighted by atomic mass is 9.49. The maximum atomic E-state index is 6.25. The molecule has 1 saturated heterocycles. The van der Waals surface area contributed by atoms with Gasteiger partial charge in [0.25, 0.3) is 0 Å². The first-order valence-corrected chi connectivity index (χ1v) is 10.4. The zero-order chi connectivity index (χ0) is 15.7. The zero-order valence-electron chi connectivity index (χ0n) is 15.1. The monoisotopic (exact) mass is 318 g/mol. The third-order valence-corrected chi connectivity index (χ3v) is 9.01. The molecule has 5 aliphatic rings. The molecule has 0 aromatic heterocycles. The average Bonchev–Trinajstić information content (AvgIpc) is 3.14. The molecule has 2 nitrogen and oxygen atoms in total. The lowest BCUT2D eigenvalue weighted by molar-refractivity contribution is -0.243. The minimum atomic E-state index is -0.208. The molecule has 1 aliphatic heterocycles. The van der Waals surface area contributed by atoms with E-state index in [0.717, 1.165) is 55.1 Å². The summed E-state index contributed by atoms with van der Waals surface area (Å²) in [5.41, 5.74) is 0.291. The van der Waals surface area contributed by atoms with Crippen LogP contribution in [0.15, 0.2) is 0 Å². The topological polar surface area (TPSA) is 18.5 Å². The third kappa shape index (κ3) is 2.00. The molecule has 0 unspecified atom stereocenters. The van der Waals surface area contributed by atoms with Crippen LogP contribution in [0.5, 0.6) is 0 Å². The SMILES string of the molecule is C[C@@H]1CC[C@H]2[C@@H](CC[C@@H]3[C@@H]2CC[C@@]2(C)[C@H]3CCC23OCCO3)C1. The maximum absolute atomic E-state index is 6.25. The second-order valence-electron chi connectivity index (χ2n) is 9.80. The van der Waals surface area contributed by atoms with Crippen LogP contribution >= 0.6 is 0 Å². The second-order valence-corrected chi connectivity index (χ2v) is 9.80. The molecule has 1 heterocycles. The molecule has 0 bridgehead atoms. The molecule has 5 fully saturated rings. The standard InChI is InChI=1S/C21H34O2/c1-14-3-5-16-15(13-14)4-6-18-17(16)7-9-20(2)19(18)8-10-21(20)22-11-12-23-21/h14-19H,3-13H2,1-2H3/t14-,15+,16+,17-,18-,19+,20+/m1/s1. The van der Waals surface area contributed by atoms with Crippen molar-refractivity contribution in [2.75, 3.05) is 13.2 Å². The van der Waals surface area contributed by atoms with E-state index in [2.05, 4.69) is 13.8 Å². The predicted octanol–water partition coefficient (Wildman–Crippen LogP) is 5.02. The van der Waals surface area contributed by atoms with Crippen LogP contribution in [0.25, 0.3) is 0 Å². The van der Waals surface area contributed by atoms with Gasteiger partial charge in [-0.1, -0.05) is 20.3 Å². The van der Waals surface area contributed by atoms with Crippen LogP contribution in [0.3, 0.4) is 0 Å². The minimum absolute atomic E-state index is 0.208. The van der Waals surface area contributed by atoms with Crippen LogP contribution in [0.4, 0.5) is 0 Å². The molecule has 0 aromatic carbocycles. The van der Waals surface area contributed by atoms with Gasteiger partial charge in [-0.05, 0) is 80.5 Å². The third-order valence-electron chi connectivity index (χ3n) is 9.01. The molecule has 0 aromatic rings. The quantitative estimate of drug-likeness (QED) is 0.624. The number of rotatable bonds is 0. The van der Waals surface area contributed by atoms with Crippen molar-refractivity contribution in [2.45, 2.75) is 77.4 Å². The van der Waals surface area contributed by atoms with E-state index >= 15 is 0 Å². The highest BCUT2D eigenvalue weighted by molar-refractivity contribution is 5.10. The number of hydrogen-bond acceptors (Lipinski definition) is 2. The molecule has 23 heavy (non-hydrogen) atoms. The Kier molecular flexibility index (Phi) is 3.44. The van der Waals surface area contributed by atoms with Crippen LogP contribution in [0.2, 0.25) is 0 Å². The Bertz CT molecular complexity index is 468. The van der Waals surface area contributed by atoms with Gasteiger partial charge in [-0.2, -0.15) is 0 Å². The van der Waals surface area contributed by atoms with Gasteiger partial charge in [0.1, 0.15) is 0 Å². The van der Waals surface area contributed by atoms with E-state index in [9.17, 15) is 0 Å². The zero-order valence-corrected chi connectivity index (χ0v) is 15.1. The summed E-state index contributed by atoms with van der Waals surface area (Å²) in [4.78, 5) is 0. The first-order valence-electron chi connectivity index (χ1n) is 10.4. The largest absolute Gasteiger partial charge is 0.347 e. The van der Waals surface area contributed by atoms with Crippen molar-refractivity contribution < 1.29 is 9.47 Å². The molecule has 2 heteroatoms. The average molecular weight is 319 g/mol. The van der Waals surface area contributed by atoms with Crippen molar-refractivity contribution in [2.24, 2.45) is 40.9 Å². The Morgan fingerprint density at radius 3 is 2.39 bits per heavy atom. The van der Waals surface area contributed by atoms with Crippen molar-refractivity contribution in [3.8, 4) is 0 Å². The van der Waals surface area contributed by atoms with E-state index < -0.39 is 0 Å². The predicted molar refractivity (Wildman–Crippen MR) is 90.9 cm³/mol. The van der Waals surface area contributed by atoms with Crippen LogP contribution in [-0.4, -0.2) is 19.0 Å². The Labute approximate surface area is 141 Å². The molecule has 0 N–H and O–H groups in total. The highest BCUT2D eigenvalue weighted by Crippen LogP contribution is 2.67. The summed E-state index contributed by atoms with van der Waals surface area (Å²) in [5, 5.41) is 0. The van der Waals surface area contributed by atoms with Crippen molar-refractivity contribution in [1.29, 1.82) is 0 Å². The van der Waals surface area contributed by atoms with Crippen molar-refractivity contribution in [1.82, 2.24) is 0 Å². The molecule has 7 atom stereocenters. The molecule has 1 spiro atoms. The van der Waals surface area contributed by atoms with E-state index in [1.807, 2.05) is 0 Å². The van der Waals surface area contributed by atoms with Crippen molar-refractivity contribution in [3.63, 3.8) is 0 Å². The minimum Gasteiger partial charge on any atom is -0.347 e. The van der Waals surface area contributed by atoms with Gasteiger partial charge in [-0.15, -0.1) is 0 Å². The van der Waals surface area contributed by atoms with Gasteiger partial charge < -0.3 is 9.47 Å². The molecule has 5 rings (SSSR count). The lowest BCUT2D eigenvalue weighted by Crippen LogP contribution is -2.54. The van der Waals surface area contributed by atoms with Gasteiger partial charge in [0.05, 0.1) is 13.2 Å². The first kappa shape index (κ1) is 15.2. The van der Waals surface area contributed by atoms with E-state index in [-0.39, 0.29) is 5.79 Å². The summed E-state index contributed by atoms with van der Waals surface area (Å²) in [6.07, 6.45) is 12.8. The van der Waals surface area contributed by atoms with Crippen molar-refractivity contribution in [3.05, 3.63) is 0 Å². The van der Waals surface area contributed by atoms with Gasteiger partial charge >= 0.3 is 0 Å². The van der Waals surface area contributed by atoms with Gasteiger partial charge in [0, 0.05) is 11.8 Å². The van der Waals surface area contributed by atoms with Gasteiger partial charge in [-0.25, -0.2) is 0 Å². The van der Waals surface area contributed by atoms with E-state index in [1.165, 1.54) is 51.4 Å². The molecular weight excluding hydrogens is 284 g/mol. The summed E-state index contributed by atoms with van der Waals surface area (Å²) >= 11 is 0. The molecule has 0 radical (unpaired) electrons. The number of fused-ring (bicyclic) bond motifs is 6. The Hall–Kier alpha value is -0.0800. The van der Waals surface area contributed by atoms with Crippen LogP contribution in [-0.2, 0) is 9.47 Å². The van der Waals surface area contributed by atoms with E-state index in [4.69, 9.17) is 9.47 Å². The van der Waals surface area contributed by atoms with E-state index in [1.54, 1.807) is 0 Å². The summed E-state index contributed by atoms with van der Waals surface area (Å²) in [6.45, 7) is 6.63. The second kappa shape index (κ2) is 5.21. The number of hydrogen-bond donors (Lipinski definition) is 0. The van der Waals surface area contributed by atoms with Crippen LogP contribution < -0.4 is 0 Å². The normalized spacial score (nSPS) is 54.5. The Morgan fingerprint density at radius 2 is 1.57 bits per heavy atom. The summed E-state index contributed by atoms with van der Waals surface area (Å²) < 4.78 is 12.5. The summed E-state index contributed by atoms with van der Waals surface area (Å²) in [5.74, 6) is 5.73. The van der Waals surface area contributed by atoms with Crippen LogP contribution in [0, 0.1) is 40.9 Å². The van der Waals surface area contributed by atoms with Crippen LogP contribution in [0.1, 0.15) is 71.6 Å². The van der Waals surface area contributed by atoms with Gasteiger partial charge in [0.2, 0.25) is 0 Å². The summed E-state index contributed by atoms with van der Waals surface area (Å²) in [7, 11) is 0. The summed E-state index contributed by atoms with van der Waals surface area (Å²) in [6, 6.07) is 0. The molecular formula is C21H34O2. The highest BCUT2D eigenvalue weighted by Gasteiger charge is 2.65. The fourth-order valence-corrected chi connectivity index (χ4v) is 7.97. The van der Waals surface area contributed by atoms with E-state index in [0.29, 0.717) is 5.41 Å². The fraction of sp³-hybridized carbons (Fsp3) is 1.00. The van der Waals surface area contributed by atoms with Crippen molar-refractivity contribution >= 4 is 0 Å². The first-order chi connectivity index (χ1) is 11.1. The van der Waals surface area contributed by atoms with Gasteiger partial charge in [-0.3, -0.25) is 0 Å². The maximum Gasteiger partial charge on any atom is 0.174 e. The number of ether oxygens (including phenoxy) is 2. The highest BCUT2D eigenvalue weighted by atomic mass is 16.7. The molecule has 4 aliphatic carbocycles. The smallest absolute Gasteiger partial charge is 0.174 e. The Morgan fingerprint density at radius 1 is 0.783 bits per heavy atom. The fourth-order valence-electron chi connectivity index (χ4n) is 7.97. The molecule has 0 amide bonds. The Balaban J connectivity index is 1.41. The van der Waals surface area contributed by atoms with Gasteiger partial charge in [0.15, 0.2) is 5.79 Å². The molecule has 4 saturated carbocycles. The lowest BCUT2D eigenvalue weighted by Gasteiger charge is -2.57.